The second kappa shape index (κ2) is 8.01. The molecule has 0 unspecified atom stereocenters. The van der Waals surface area contributed by atoms with Gasteiger partial charge in [-0.3, -0.25) is 4.79 Å². The summed E-state index contributed by atoms with van der Waals surface area (Å²) in [6, 6.07) is 3.67. The number of aromatic nitrogens is 5. The van der Waals surface area contributed by atoms with E-state index < -0.39 is 0 Å². The summed E-state index contributed by atoms with van der Waals surface area (Å²) in [7, 11) is 1.90. The van der Waals surface area contributed by atoms with Crippen LogP contribution in [0.2, 0.25) is 0 Å². The number of carbonyl (C=O) groups is 1. The van der Waals surface area contributed by atoms with Crippen molar-refractivity contribution in [1.82, 2.24) is 29.6 Å². The lowest BCUT2D eigenvalue weighted by Gasteiger charge is -2.34. The Morgan fingerprint density at radius 3 is 2.61 bits per heavy atom. The highest BCUT2D eigenvalue weighted by molar-refractivity contribution is 7.99. The zero-order chi connectivity index (χ0) is 19.5. The molecule has 10 heteroatoms. The normalized spacial score (nSPS) is 14.5. The van der Waals surface area contributed by atoms with Gasteiger partial charge in [-0.2, -0.15) is 0 Å². The zero-order valence-electron chi connectivity index (χ0n) is 15.8. The van der Waals surface area contributed by atoms with Gasteiger partial charge in [-0.05, 0) is 19.1 Å². The first-order chi connectivity index (χ1) is 13.6. The topological polar surface area (TPSA) is 93.2 Å². The molecule has 1 saturated heterocycles. The van der Waals surface area contributed by atoms with Crippen molar-refractivity contribution in [2.24, 2.45) is 7.05 Å². The van der Waals surface area contributed by atoms with Crippen molar-refractivity contribution < 1.29 is 9.21 Å². The number of hydrogen-bond acceptors (Lipinski definition) is 8. The van der Waals surface area contributed by atoms with E-state index in [2.05, 4.69) is 25.1 Å². The molecule has 0 N–H and O–H groups in total. The van der Waals surface area contributed by atoms with Gasteiger partial charge in [0, 0.05) is 45.6 Å². The molecule has 9 nitrogen and oxygen atoms in total. The second-order valence-corrected chi connectivity index (χ2v) is 7.40. The van der Waals surface area contributed by atoms with Crippen LogP contribution in [-0.4, -0.2) is 67.5 Å². The average molecular weight is 399 g/mol. The number of aryl methyl sites for hydroxylation is 1. The van der Waals surface area contributed by atoms with Crippen LogP contribution >= 0.6 is 11.8 Å². The summed E-state index contributed by atoms with van der Waals surface area (Å²) in [6.45, 7) is 4.68. The fourth-order valence-corrected chi connectivity index (χ4v) is 3.93. The molecule has 146 valence electrons. The minimum atomic E-state index is 0.0997. The van der Waals surface area contributed by atoms with Gasteiger partial charge in [0.05, 0.1) is 17.6 Å². The fraction of sp³-hybridized carbons (Fsp3) is 0.389. The Hall–Kier alpha value is -2.88. The van der Waals surface area contributed by atoms with Crippen LogP contribution < -0.4 is 4.90 Å². The van der Waals surface area contributed by atoms with E-state index in [1.165, 1.54) is 11.8 Å². The molecule has 0 aliphatic carbocycles. The highest BCUT2D eigenvalue weighted by Gasteiger charge is 2.23. The molecule has 1 aliphatic heterocycles. The summed E-state index contributed by atoms with van der Waals surface area (Å²) in [5, 5.41) is 9.17. The van der Waals surface area contributed by atoms with Gasteiger partial charge in [-0.15, -0.1) is 10.2 Å². The van der Waals surface area contributed by atoms with Gasteiger partial charge < -0.3 is 18.8 Å². The van der Waals surface area contributed by atoms with Crippen molar-refractivity contribution in [2.45, 2.75) is 12.1 Å². The third-order valence-corrected chi connectivity index (χ3v) is 5.73. The van der Waals surface area contributed by atoms with Crippen molar-refractivity contribution in [3.8, 4) is 11.4 Å². The molecule has 4 rings (SSSR count). The van der Waals surface area contributed by atoms with E-state index >= 15 is 0 Å². The quantitative estimate of drug-likeness (QED) is 0.598. The highest BCUT2D eigenvalue weighted by Crippen LogP contribution is 2.26. The van der Waals surface area contributed by atoms with E-state index in [0.717, 1.165) is 30.2 Å². The Balaban J connectivity index is 1.32. The molecule has 1 amide bonds. The SMILES string of the molecule is Cc1occc1-c1nnc(SCC(=O)N2CCN(c3ncccn3)CC2)n1C. The summed E-state index contributed by atoms with van der Waals surface area (Å²) >= 11 is 1.40. The molecule has 28 heavy (non-hydrogen) atoms. The van der Waals surface area contributed by atoms with Gasteiger partial charge in [-0.1, -0.05) is 11.8 Å². The number of piperazine rings is 1. The molecule has 1 fully saturated rings. The molecule has 4 heterocycles. The minimum absolute atomic E-state index is 0.0997. The Kier molecular flexibility index (Phi) is 5.29. The van der Waals surface area contributed by atoms with Crippen LogP contribution in [-0.2, 0) is 11.8 Å². The lowest BCUT2D eigenvalue weighted by Crippen LogP contribution is -2.49. The first-order valence-electron chi connectivity index (χ1n) is 9.00. The molecule has 3 aromatic heterocycles. The highest BCUT2D eigenvalue weighted by atomic mass is 32.2. The summed E-state index contributed by atoms with van der Waals surface area (Å²) in [5.41, 5.74) is 0.910. The molecular weight excluding hydrogens is 378 g/mol. The maximum Gasteiger partial charge on any atom is 0.233 e. The van der Waals surface area contributed by atoms with Crippen molar-refractivity contribution in [3.05, 3.63) is 36.5 Å². The number of thioether (sulfide) groups is 1. The van der Waals surface area contributed by atoms with E-state index in [9.17, 15) is 4.79 Å². The maximum absolute atomic E-state index is 12.6. The number of hydrogen-bond donors (Lipinski definition) is 0. The van der Waals surface area contributed by atoms with Gasteiger partial charge in [0.25, 0.3) is 0 Å². The zero-order valence-corrected chi connectivity index (χ0v) is 16.6. The Bertz CT molecular complexity index is 948. The number of amides is 1. The Labute approximate surface area is 166 Å². The van der Waals surface area contributed by atoms with Crippen LogP contribution in [0.1, 0.15) is 5.76 Å². The predicted octanol–water partition coefficient (Wildman–Crippen LogP) is 1.61. The van der Waals surface area contributed by atoms with Crippen molar-refractivity contribution in [3.63, 3.8) is 0 Å². The van der Waals surface area contributed by atoms with Crippen LogP contribution in [0.5, 0.6) is 0 Å². The molecule has 0 aromatic carbocycles. The second-order valence-electron chi connectivity index (χ2n) is 6.46. The monoisotopic (exact) mass is 399 g/mol. The third-order valence-electron chi connectivity index (χ3n) is 4.73. The molecule has 1 aliphatic rings. The third kappa shape index (κ3) is 3.72. The molecule has 0 spiro atoms. The number of rotatable bonds is 5. The van der Waals surface area contributed by atoms with Gasteiger partial charge in [0.2, 0.25) is 11.9 Å². The van der Waals surface area contributed by atoms with Crippen molar-refractivity contribution in [2.75, 3.05) is 36.8 Å². The maximum atomic E-state index is 12.6. The predicted molar refractivity (Wildman–Crippen MR) is 105 cm³/mol. The van der Waals surface area contributed by atoms with E-state index in [4.69, 9.17) is 4.42 Å². The van der Waals surface area contributed by atoms with Crippen LogP contribution in [0.15, 0.2) is 40.4 Å². The van der Waals surface area contributed by atoms with E-state index in [1.54, 1.807) is 24.7 Å². The van der Waals surface area contributed by atoms with Crippen molar-refractivity contribution in [1.29, 1.82) is 0 Å². The number of carbonyl (C=O) groups excluding carboxylic acids is 1. The molecule has 0 saturated carbocycles. The fourth-order valence-electron chi connectivity index (χ4n) is 3.12. The largest absolute Gasteiger partial charge is 0.469 e. The van der Waals surface area contributed by atoms with E-state index in [0.29, 0.717) is 29.9 Å². The van der Waals surface area contributed by atoms with Gasteiger partial charge in [0.1, 0.15) is 5.76 Å². The van der Waals surface area contributed by atoms with E-state index in [1.807, 2.05) is 29.5 Å². The van der Waals surface area contributed by atoms with Crippen LogP contribution in [0.25, 0.3) is 11.4 Å². The minimum Gasteiger partial charge on any atom is -0.469 e. The first kappa shape index (κ1) is 18.5. The molecule has 0 bridgehead atoms. The standard InChI is InChI=1S/C18H21N7O2S/c1-13-14(4-11-27-13)16-21-22-18(23(16)2)28-12-15(26)24-7-9-25(10-8-24)17-19-5-3-6-20-17/h3-6,11H,7-10,12H2,1-2H3. The average Bonchev–Trinajstić information content (AvgIpc) is 3.32. The summed E-state index contributed by atoms with van der Waals surface area (Å²) in [4.78, 5) is 25.1. The summed E-state index contributed by atoms with van der Waals surface area (Å²) < 4.78 is 7.23. The van der Waals surface area contributed by atoms with Crippen LogP contribution in [0.4, 0.5) is 5.95 Å². The number of furan rings is 1. The van der Waals surface area contributed by atoms with Gasteiger partial charge in [-0.25, -0.2) is 9.97 Å². The summed E-state index contributed by atoms with van der Waals surface area (Å²) in [6.07, 6.45) is 5.10. The number of nitrogens with zero attached hydrogens (tertiary/aromatic N) is 7. The smallest absolute Gasteiger partial charge is 0.233 e. The Morgan fingerprint density at radius 1 is 1.18 bits per heavy atom. The van der Waals surface area contributed by atoms with Gasteiger partial charge >= 0.3 is 0 Å². The summed E-state index contributed by atoms with van der Waals surface area (Å²) in [5.74, 6) is 2.67. The van der Waals surface area contributed by atoms with Gasteiger partial charge in [0.15, 0.2) is 11.0 Å². The van der Waals surface area contributed by atoms with E-state index in [-0.39, 0.29) is 5.91 Å². The molecule has 0 radical (unpaired) electrons. The molecular formula is C18H21N7O2S. The lowest BCUT2D eigenvalue weighted by molar-refractivity contribution is -0.128. The van der Waals surface area contributed by atoms with Crippen LogP contribution in [0.3, 0.4) is 0 Å². The molecule has 0 atom stereocenters. The van der Waals surface area contributed by atoms with Crippen molar-refractivity contribution >= 4 is 23.6 Å². The number of anilines is 1. The Morgan fingerprint density at radius 2 is 1.93 bits per heavy atom. The lowest BCUT2D eigenvalue weighted by atomic mass is 10.2. The molecule has 3 aromatic rings. The van der Waals surface area contributed by atoms with Crippen LogP contribution in [0, 0.1) is 6.92 Å². The first-order valence-corrected chi connectivity index (χ1v) is 9.98.